The van der Waals surface area contributed by atoms with E-state index < -0.39 is 0 Å². The highest BCUT2D eigenvalue weighted by Crippen LogP contribution is 2.24. The third-order valence-electron chi connectivity index (χ3n) is 3.92. The third-order valence-corrected chi connectivity index (χ3v) is 3.92. The topological polar surface area (TPSA) is 37.7 Å². The highest BCUT2D eigenvalue weighted by molar-refractivity contribution is 5.78. The van der Waals surface area contributed by atoms with E-state index >= 15 is 0 Å². The second-order valence-corrected chi connectivity index (χ2v) is 5.21. The monoisotopic (exact) mass is 258 g/mol. The molecule has 101 valence electrons. The Hall–Kier alpha value is -1.55. The van der Waals surface area contributed by atoms with Gasteiger partial charge in [-0.25, -0.2) is 5.32 Å². The maximum atomic E-state index is 11.8. The van der Waals surface area contributed by atoms with E-state index in [1.807, 2.05) is 4.90 Å². The molecule has 2 fully saturated rings. The summed E-state index contributed by atoms with van der Waals surface area (Å²) in [5.74, 6) is 0.295. The first-order valence-electron chi connectivity index (χ1n) is 7.08. The van der Waals surface area contributed by atoms with Crippen LogP contribution >= 0.6 is 0 Å². The summed E-state index contributed by atoms with van der Waals surface area (Å²) in [6.45, 7) is 5.47. The molecule has 0 saturated carbocycles. The van der Waals surface area contributed by atoms with Crippen molar-refractivity contribution in [2.75, 3.05) is 37.6 Å². The highest BCUT2D eigenvalue weighted by atomic mass is 16.2. The van der Waals surface area contributed by atoms with E-state index in [2.05, 4.69) is 34.5 Å². The van der Waals surface area contributed by atoms with Crippen LogP contribution in [0, 0.1) is 0 Å². The molecule has 1 amide bonds. The Kier molecular flexibility index (Phi) is 3.69. The molecule has 3 rings (SSSR count). The molecule has 2 aliphatic rings. The predicted octanol–water partition coefficient (Wildman–Crippen LogP) is 1.23. The number of nitrogens with zero attached hydrogens (tertiary/aromatic N) is 3. The Morgan fingerprint density at radius 3 is 2.63 bits per heavy atom. The lowest BCUT2D eigenvalue weighted by Gasteiger charge is -2.31. The molecule has 0 bridgehead atoms. The molecular formula is C15H20N3O. The third kappa shape index (κ3) is 2.73. The minimum atomic E-state index is 0.295. The van der Waals surface area contributed by atoms with E-state index in [9.17, 15) is 4.79 Å². The number of carbonyl (C=O) groups is 1. The van der Waals surface area contributed by atoms with Crippen molar-refractivity contribution < 1.29 is 4.79 Å². The number of likely N-dealkylation sites (tertiary alicyclic amines) is 1. The minimum absolute atomic E-state index is 0.295. The van der Waals surface area contributed by atoms with Crippen LogP contribution in [0.3, 0.4) is 0 Å². The molecule has 4 heteroatoms. The summed E-state index contributed by atoms with van der Waals surface area (Å²) in [5.41, 5.74) is 2.54. The van der Waals surface area contributed by atoms with Gasteiger partial charge in [-0.1, -0.05) is 18.2 Å². The summed E-state index contributed by atoms with van der Waals surface area (Å²) >= 11 is 0. The molecule has 0 unspecified atom stereocenters. The molecule has 0 aromatic heterocycles. The zero-order chi connectivity index (χ0) is 13.1. The Labute approximate surface area is 114 Å². The van der Waals surface area contributed by atoms with Crippen molar-refractivity contribution in [2.45, 2.75) is 19.4 Å². The van der Waals surface area contributed by atoms with E-state index in [-0.39, 0.29) is 0 Å². The maximum absolute atomic E-state index is 11.8. The Morgan fingerprint density at radius 2 is 1.89 bits per heavy atom. The van der Waals surface area contributed by atoms with Crippen LogP contribution in [0.25, 0.3) is 0 Å². The van der Waals surface area contributed by atoms with Crippen LogP contribution in [0.2, 0.25) is 0 Å². The fraction of sp³-hybridized carbons (Fsp3) is 0.533. The normalized spacial score (nSPS) is 20.1. The predicted molar refractivity (Wildman–Crippen MR) is 75.2 cm³/mol. The van der Waals surface area contributed by atoms with Crippen molar-refractivity contribution in [3.05, 3.63) is 29.8 Å². The summed E-state index contributed by atoms with van der Waals surface area (Å²) < 4.78 is 0. The number of rotatable bonds is 3. The van der Waals surface area contributed by atoms with Gasteiger partial charge in [-0.15, -0.1) is 0 Å². The lowest BCUT2D eigenvalue weighted by atomic mass is 10.1. The molecule has 1 radical (unpaired) electrons. The standard InChI is InChI=1S/C15H20N3O/c19-15-6-3-9-18(15)12-13-4-1-2-5-14(13)17-10-7-16-8-11-17/h1-2,4-5H,3,6-12H2. The van der Waals surface area contributed by atoms with Gasteiger partial charge >= 0.3 is 0 Å². The smallest absolute Gasteiger partial charge is 0.222 e. The van der Waals surface area contributed by atoms with E-state index in [0.717, 1.165) is 45.7 Å². The number of amides is 1. The van der Waals surface area contributed by atoms with Gasteiger partial charge in [0.2, 0.25) is 5.91 Å². The zero-order valence-corrected chi connectivity index (χ0v) is 11.2. The average molecular weight is 258 g/mol. The van der Waals surface area contributed by atoms with Gasteiger partial charge < -0.3 is 9.80 Å². The number of benzene rings is 1. The first kappa shape index (κ1) is 12.5. The Morgan fingerprint density at radius 1 is 1.11 bits per heavy atom. The number of hydrogen-bond donors (Lipinski definition) is 0. The van der Waals surface area contributed by atoms with Crippen molar-refractivity contribution >= 4 is 11.6 Å². The Balaban J connectivity index is 1.78. The molecule has 2 saturated heterocycles. The van der Waals surface area contributed by atoms with Crippen LogP contribution in [0.5, 0.6) is 0 Å². The van der Waals surface area contributed by atoms with E-state index in [4.69, 9.17) is 0 Å². The van der Waals surface area contributed by atoms with Gasteiger partial charge in [0.25, 0.3) is 0 Å². The maximum Gasteiger partial charge on any atom is 0.222 e. The lowest BCUT2D eigenvalue weighted by molar-refractivity contribution is -0.128. The summed E-state index contributed by atoms with van der Waals surface area (Å²) in [6.07, 6.45) is 1.72. The van der Waals surface area contributed by atoms with Gasteiger partial charge in [0.15, 0.2) is 0 Å². The number of anilines is 1. The second-order valence-electron chi connectivity index (χ2n) is 5.21. The Bertz CT molecular complexity index is 454. The molecular weight excluding hydrogens is 238 g/mol. The average Bonchev–Trinajstić information content (AvgIpc) is 2.86. The molecule has 4 nitrogen and oxygen atoms in total. The highest BCUT2D eigenvalue weighted by Gasteiger charge is 2.22. The summed E-state index contributed by atoms with van der Waals surface area (Å²) in [5, 5.41) is 4.39. The van der Waals surface area contributed by atoms with Gasteiger partial charge in [0.1, 0.15) is 0 Å². The van der Waals surface area contributed by atoms with Gasteiger partial charge in [0, 0.05) is 51.4 Å². The van der Waals surface area contributed by atoms with Crippen molar-refractivity contribution in [1.29, 1.82) is 0 Å². The second kappa shape index (κ2) is 5.61. The quantitative estimate of drug-likeness (QED) is 0.818. The van der Waals surface area contributed by atoms with Crippen LogP contribution in [0.15, 0.2) is 24.3 Å². The van der Waals surface area contributed by atoms with Crippen molar-refractivity contribution in [3.8, 4) is 0 Å². The molecule has 0 spiro atoms. The van der Waals surface area contributed by atoms with Gasteiger partial charge in [-0.05, 0) is 18.1 Å². The van der Waals surface area contributed by atoms with Gasteiger partial charge in [-0.2, -0.15) is 0 Å². The SMILES string of the molecule is O=C1CCCN1Cc1ccccc1N1CC[N]CC1. The van der Waals surface area contributed by atoms with Crippen molar-refractivity contribution in [2.24, 2.45) is 0 Å². The molecule has 0 aliphatic carbocycles. The van der Waals surface area contributed by atoms with Crippen LogP contribution < -0.4 is 10.2 Å². The van der Waals surface area contributed by atoms with Crippen LogP contribution in [-0.2, 0) is 11.3 Å². The number of carbonyl (C=O) groups excluding carboxylic acids is 1. The van der Waals surface area contributed by atoms with E-state index in [0.29, 0.717) is 12.3 Å². The summed E-state index contributed by atoms with van der Waals surface area (Å²) in [4.78, 5) is 16.1. The first-order valence-corrected chi connectivity index (χ1v) is 7.08. The largest absolute Gasteiger partial charge is 0.369 e. The minimum Gasteiger partial charge on any atom is -0.369 e. The number of hydrogen-bond acceptors (Lipinski definition) is 2. The zero-order valence-electron chi connectivity index (χ0n) is 11.2. The summed E-state index contributed by atoms with van der Waals surface area (Å²) in [7, 11) is 0. The van der Waals surface area contributed by atoms with E-state index in [1.54, 1.807) is 0 Å². The number of piperazine rings is 1. The first-order chi connectivity index (χ1) is 9.34. The molecule has 2 aliphatic heterocycles. The van der Waals surface area contributed by atoms with Gasteiger partial charge in [-0.3, -0.25) is 4.79 Å². The van der Waals surface area contributed by atoms with Gasteiger partial charge in [0.05, 0.1) is 0 Å². The summed E-state index contributed by atoms with van der Waals surface area (Å²) in [6, 6.07) is 8.46. The molecule has 2 heterocycles. The van der Waals surface area contributed by atoms with Crippen LogP contribution in [0.1, 0.15) is 18.4 Å². The molecule has 19 heavy (non-hydrogen) atoms. The lowest BCUT2D eigenvalue weighted by Crippen LogP contribution is -2.41. The van der Waals surface area contributed by atoms with Crippen LogP contribution in [0.4, 0.5) is 5.69 Å². The van der Waals surface area contributed by atoms with Crippen LogP contribution in [-0.4, -0.2) is 43.5 Å². The molecule has 1 aromatic rings. The molecule has 0 N–H and O–H groups in total. The number of para-hydroxylation sites is 1. The van der Waals surface area contributed by atoms with Crippen molar-refractivity contribution in [3.63, 3.8) is 0 Å². The van der Waals surface area contributed by atoms with E-state index in [1.165, 1.54) is 11.3 Å². The molecule has 0 atom stereocenters. The fourth-order valence-corrected chi connectivity index (χ4v) is 2.88. The fourth-order valence-electron chi connectivity index (χ4n) is 2.88. The van der Waals surface area contributed by atoms with Crippen molar-refractivity contribution in [1.82, 2.24) is 10.2 Å². The molecule has 1 aromatic carbocycles.